The number of anilines is 1. The van der Waals surface area contributed by atoms with E-state index in [1.165, 1.54) is 19.1 Å². The third kappa shape index (κ3) is 4.68. The molecule has 0 spiro atoms. The van der Waals surface area contributed by atoms with Gasteiger partial charge < -0.3 is 10.6 Å². The molecule has 110 valence electrons. The molecule has 1 atom stereocenters. The zero-order valence-corrected chi connectivity index (χ0v) is 12.2. The second-order valence-electron chi connectivity index (χ2n) is 5.03. The van der Waals surface area contributed by atoms with Crippen molar-refractivity contribution in [2.75, 3.05) is 5.32 Å². The molecule has 4 heteroatoms. The Labute approximate surface area is 124 Å². The molecule has 0 aromatic heterocycles. The first kappa shape index (κ1) is 15.2. The van der Waals surface area contributed by atoms with Crippen LogP contribution in [-0.2, 0) is 11.3 Å². The molecule has 0 fully saturated rings. The molecule has 1 unspecified atom stereocenters. The maximum Gasteiger partial charge on any atom is 0.221 e. The number of nitrogens with one attached hydrogen (secondary N) is 2. The fourth-order valence-electron chi connectivity index (χ4n) is 2.05. The highest BCUT2D eigenvalue weighted by atomic mass is 19.1. The summed E-state index contributed by atoms with van der Waals surface area (Å²) in [6.07, 6.45) is 0. The van der Waals surface area contributed by atoms with Gasteiger partial charge in [0, 0.05) is 25.2 Å². The Morgan fingerprint density at radius 1 is 1.10 bits per heavy atom. The van der Waals surface area contributed by atoms with Crippen molar-refractivity contribution in [2.24, 2.45) is 0 Å². The number of carbonyl (C=O) groups excluding carboxylic acids is 1. The van der Waals surface area contributed by atoms with Gasteiger partial charge in [0.05, 0.1) is 0 Å². The molecule has 2 aromatic carbocycles. The van der Waals surface area contributed by atoms with Gasteiger partial charge in [-0.05, 0) is 42.3 Å². The van der Waals surface area contributed by atoms with Crippen LogP contribution in [0, 0.1) is 5.82 Å². The average molecular weight is 286 g/mol. The molecule has 0 heterocycles. The van der Waals surface area contributed by atoms with Gasteiger partial charge in [-0.1, -0.05) is 24.3 Å². The molecule has 0 aliphatic rings. The van der Waals surface area contributed by atoms with Crippen LogP contribution in [0.3, 0.4) is 0 Å². The minimum atomic E-state index is -0.223. The van der Waals surface area contributed by atoms with Gasteiger partial charge >= 0.3 is 0 Å². The highest BCUT2D eigenvalue weighted by Crippen LogP contribution is 2.15. The molecule has 0 radical (unpaired) electrons. The molecule has 2 rings (SSSR count). The molecule has 1 amide bonds. The van der Waals surface area contributed by atoms with Crippen molar-refractivity contribution < 1.29 is 9.18 Å². The van der Waals surface area contributed by atoms with Gasteiger partial charge in [-0.3, -0.25) is 4.79 Å². The Bertz CT molecular complexity index is 593. The molecule has 0 aliphatic heterocycles. The van der Waals surface area contributed by atoms with Gasteiger partial charge in [0.25, 0.3) is 0 Å². The van der Waals surface area contributed by atoms with Crippen molar-refractivity contribution >= 4 is 11.6 Å². The van der Waals surface area contributed by atoms with Gasteiger partial charge in [-0.25, -0.2) is 4.39 Å². The lowest BCUT2D eigenvalue weighted by molar-refractivity contribution is -0.114. The summed E-state index contributed by atoms with van der Waals surface area (Å²) in [5, 5.41) is 6.12. The van der Waals surface area contributed by atoms with Crippen molar-refractivity contribution in [3.63, 3.8) is 0 Å². The fraction of sp³-hybridized carbons (Fsp3) is 0.235. The SMILES string of the molecule is CC(=O)Nc1ccc(CNC(C)c2ccc(F)cc2)cc1. The summed E-state index contributed by atoms with van der Waals surface area (Å²) >= 11 is 0. The first-order valence-electron chi connectivity index (χ1n) is 6.90. The summed E-state index contributed by atoms with van der Waals surface area (Å²) in [5.74, 6) is -0.301. The minimum absolute atomic E-state index is 0.0780. The monoisotopic (exact) mass is 286 g/mol. The second kappa shape index (κ2) is 6.99. The van der Waals surface area contributed by atoms with Gasteiger partial charge in [0.2, 0.25) is 5.91 Å². The van der Waals surface area contributed by atoms with E-state index in [9.17, 15) is 9.18 Å². The van der Waals surface area contributed by atoms with Crippen LogP contribution < -0.4 is 10.6 Å². The zero-order valence-electron chi connectivity index (χ0n) is 12.2. The van der Waals surface area contributed by atoms with E-state index in [4.69, 9.17) is 0 Å². The molecule has 0 bridgehead atoms. The number of halogens is 1. The van der Waals surface area contributed by atoms with Gasteiger partial charge in [0.15, 0.2) is 0 Å². The van der Waals surface area contributed by atoms with Crippen molar-refractivity contribution in [1.82, 2.24) is 5.32 Å². The molecule has 2 aromatic rings. The van der Waals surface area contributed by atoms with Gasteiger partial charge in [0.1, 0.15) is 5.82 Å². The van der Waals surface area contributed by atoms with Crippen molar-refractivity contribution in [1.29, 1.82) is 0 Å². The predicted octanol–water partition coefficient (Wildman–Crippen LogP) is 3.63. The second-order valence-corrected chi connectivity index (χ2v) is 5.03. The topological polar surface area (TPSA) is 41.1 Å². The van der Waals surface area contributed by atoms with Crippen molar-refractivity contribution in [2.45, 2.75) is 26.4 Å². The van der Waals surface area contributed by atoms with Gasteiger partial charge in [-0.15, -0.1) is 0 Å². The lowest BCUT2D eigenvalue weighted by Crippen LogP contribution is -2.18. The van der Waals surface area contributed by atoms with Gasteiger partial charge in [-0.2, -0.15) is 0 Å². The average Bonchev–Trinajstić information content (AvgIpc) is 2.46. The van der Waals surface area contributed by atoms with Crippen LogP contribution in [0.4, 0.5) is 10.1 Å². The van der Waals surface area contributed by atoms with E-state index in [2.05, 4.69) is 10.6 Å². The van der Waals surface area contributed by atoms with E-state index in [-0.39, 0.29) is 17.8 Å². The number of hydrogen-bond acceptors (Lipinski definition) is 2. The van der Waals surface area contributed by atoms with Crippen LogP contribution in [0.25, 0.3) is 0 Å². The lowest BCUT2D eigenvalue weighted by atomic mass is 10.1. The molecule has 3 nitrogen and oxygen atoms in total. The van der Waals surface area contributed by atoms with Crippen LogP contribution in [0.5, 0.6) is 0 Å². The Balaban J connectivity index is 1.90. The molecule has 0 aliphatic carbocycles. The summed E-state index contributed by atoms with van der Waals surface area (Å²) in [4.78, 5) is 10.9. The largest absolute Gasteiger partial charge is 0.326 e. The number of hydrogen-bond donors (Lipinski definition) is 2. The van der Waals surface area contributed by atoms with E-state index in [0.717, 1.165) is 16.8 Å². The Kier molecular flexibility index (Phi) is 5.06. The minimum Gasteiger partial charge on any atom is -0.326 e. The molecule has 0 saturated carbocycles. The number of amides is 1. The third-order valence-corrected chi connectivity index (χ3v) is 3.26. The number of rotatable bonds is 5. The molecule has 0 saturated heterocycles. The Morgan fingerprint density at radius 2 is 1.71 bits per heavy atom. The van der Waals surface area contributed by atoms with Crippen LogP contribution in [0.1, 0.15) is 31.0 Å². The summed E-state index contributed by atoms with van der Waals surface area (Å²) in [6.45, 7) is 4.23. The Hall–Kier alpha value is -2.20. The first-order valence-corrected chi connectivity index (χ1v) is 6.90. The quantitative estimate of drug-likeness (QED) is 0.881. The molecule has 21 heavy (non-hydrogen) atoms. The molecular weight excluding hydrogens is 267 g/mol. The van der Waals surface area contributed by atoms with Crippen LogP contribution in [0.2, 0.25) is 0 Å². The first-order chi connectivity index (χ1) is 10.0. The summed E-state index contributed by atoms with van der Waals surface area (Å²) in [6, 6.07) is 14.3. The fourth-order valence-corrected chi connectivity index (χ4v) is 2.05. The van der Waals surface area contributed by atoms with Crippen LogP contribution in [-0.4, -0.2) is 5.91 Å². The van der Waals surface area contributed by atoms with E-state index >= 15 is 0 Å². The van der Waals surface area contributed by atoms with Crippen LogP contribution >= 0.6 is 0 Å². The normalized spacial score (nSPS) is 12.0. The molecular formula is C17H19FN2O. The lowest BCUT2D eigenvalue weighted by Gasteiger charge is -2.14. The van der Waals surface area contributed by atoms with Crippen molar-refractivity contribution in [3.05, 3.63) is 65.5 Å². The molecule has 2 N–H and O–H groups in total. The zero-order chi connectivity index (χ0) is 15.2. The maximum atomic E-state index is 12.9. The third-order valence-electron chi connectivity index (χ3n) is 3.26. The number of carbonyl (C=O) groups is 1. The Morgan fingerprint density at radius 3 is 2.29 bits per heavy atom. The van der Waals surface area contributed by atoms with E-state index in [0.29, 0.717) is 6.54 Å². The van der Waals surface area contributed by atoms with E-state index in [1.54, 1.807) is 12.1 Å². The van der Waals surface area contributed by atoms with Crippen molar-refractivity contribution in [3.8, 4) is 0 Å². The maximum absolute atomic E-state index is 12.9. The van der Waals surface area contributed by atoms with E-state index < -0.39 is 0 Å². The smallest absolute Gasteiger partial charge is 0.221 e. The summed E-state index contributed by atoms with van der Waals surface area (Å²) in [7, 11) is 0. The highest BCUT2D eigenvalue weighted by Gasteiger charge is 2.05. The van der Waals surface area contributed by atoms with Crippen LogP contribution in [0.15, 0.2) is 48.5 Å². The highest BCUT2D eigenvalue weighted by molar-refractivity contribution is 5.88. The standard InChI is InChI=1S/C17H19FN2O/c1-12(15-5-7-16(18)8-6-15)19-11-14-3-9-17(10-4-14)20-13(2)21/h3-10,12,19H,11H2,1-2H3,(H,20,21). The summed E-state index contributed by atoms with van der Waals surface area (Å²) in [5.41, 5.74) is 2.96. The van der Waals surface area contributed by atoms with E-state index in [1.807, 2.05) is 31.2 Å². The number of benzene rings is 2. The summed E-state index contributed by atoms with van der Waals surface area (Å²) < 4.78 is 12.9. The predicted molar refractivity (Wildman–Crippen MR) is 82.4 cm³/mol.